The number of anilines is 1. The number of nitrogens with one attached hydrogen (secondary N) is 1. The van der Waals surface area contributed by atoms with Crippen molar-refractivity contribution in [1.82, 2.24) is 0 Å². The lowest BCUT2D eigenvalue weighted by molar-refractivity contribution is 0.417. The van der Waals surface area contributed by atoms with Crippen LogP contribution < -0.4 is 9.46 Å². The second-order valence-corrected chi connectivity index (χ2v) is 5.12. The molecule has 1 rings (SSSR count). The van der Waals surface area contributed by atoms with E-state index in [-0.39, 0.29) is 5.69 Å². The van der Waals surface area contributed by atoms with Gasteiger partial charge in [-0.25, -0.2) is 0 Å². The molecule has 0 atom stereocenters. The van der Waals surface area contributed by atoms with Crippen LogP contribution in [0.25, 0.3) is 0 Å². The standard InChI is InChI=1S/C7H7Cl2NO3S/c1-13-7-3-2-5(8)4-6(7)10-14(9,11)12/h2-4,10H,1H3. The average Bonchev–Trinajstić information content (AvgIpc) is 2.01. The van der Waals surface area contributed by atoms with E-state index in [1.807, 2.05) is 0 Å². The van der Waals surface area contributed by atoms with Gasteiger partial charge in [0.15, 0.2) is 0 Å². The summed E-state index contributed by atoms with van der Waals surface area (Å²) in [5.74, 6) is 0.346. The van der Waals surface area contributed by atoms with Crippen LogP contribution in [0, 0.1) is 0 Å². The molecular formula is C7H7Cl2NO3S. The quantitative estimate of drug-likeness (QED) is 0.844. The van der Waals surface area contributed by atoms with Crippen LogP contribution in [-0.4, -0.2) is 15.5 Å². The van der Waals surface area contributed by atoms with Crippen molar-refractivity contribution >= 4 is 37.2 Å². The van der Waals surface area contributed by atoms with Gasteiger partial charge in [-0.15, -0.1) is 0 Å². The van der Waals surface area contributed by atoms with Gasteiger partial charge in [0.25, 0.3) is 0 Å². The maximum atomic E-state index is 10.7. The number of rotatable bonds is 3. The minimum absolute atomic E-state index is 0.204. The Balaban J connectivity index is 3.11. The molecular weight excluding hydrogens is 249 g/mol. The SMILES string of the molecule is COc1ccc(Cl)cc1NS(=O)(=O)Cl. The van der Waals surface area contributed by atoms with E-state index in [1.165, 1.54) is 19.2 Å². The Morgan fingerprint density at radius 2 is 2.07 bits per heavy atom. The molecule has 0 aliphatic heterocycles. The summed E-state index contributed by atoms with van der Waals surface area (Å²) in [4.78, 5) is 0. The van der Waals surface area contributed by atoms with Crippen molar-refractivity contribution in [3.63, 3.8) is 0 Å². The normalized spacial score (nSPS) is 11.1. The van der Waals surface area contributed by atoms with Gasteiger partial charge in [-0.1, -0.05) is 11.6 Å². The maximum Gasteiger partial charge on any atom is 0.319 e. The number of methoxy groups -OCH3 is 1. The molecule has 4 nitrogen and oxygen atoms in total. The third-order valence-electron chi connectivity index (χ3n) is 1.39. The smallest absolute Gasteiger partial charge is 0.319 e. The monoisotopic (exact) mass is 255 g/mol. The molecule has 7 heteroatoms. The van der Waals surface area contributed by atoms with E-state index in [0.717, 1.165) is 0 Å². The molecule has 0 aliphatic carbocycles. The first-order valence-corrected chi connectivity index (χ1v) is 6.17. The molecule has 0 heterocycles. The maximum absolute atomic E-state index is 10.7. The lowest BCUT2D eigenvalue weighted by atomic mass is 10.3. The third kappa shape index (κ3) is 3.25. The van der Waals surface area contributed by atoms with Gasteiger partial charge in [-0.3, -0.25) is 4.72 Å². The molecule has 14 heavy (non-hydrogen) atoms. The van der Waals surface area contributed by atoms with Crippen molar-refractivity contribution in [3.8, 4) is 5.75 Å². The second-order valence-electron chi connectivity index (χ2n) is 2.38. The van der Waals surface area contributed by atoms with Crippen LogP contribution in [0.2, 0.25) is 5.02 Å². The van der Waals surface area contributed by atoms with Crippen LogP contribution in [0.3, 0.4) is 0 Å². The van der Waals surface area contributed by atoms with Crippen LogP contribution in [-0.2, 0) is 9.24 Å². The Morgan fingerprint density at radius 3 is 2.57 bits per heavy atom. The minimum atomic E-state index is -3.84. The lowest BCUT2D eigenvalue weighted by Crippen LogP contribution is -2.05. The summed E-state index contributed by atoms with van der Waals surface area (Å²) in [6.45, 7) is 0. The summed E-state index contributed by atoms with van der Waals surface area (Å²) in [7, 11) is 2.58. The largest absolute Gasteiger partial charge is 0.495 e. The number of hydrogen-bond donors (Lipinski definition) is 1. The molecule has 0 aliphatic rings. The highest BCUT2D eigenvalue weighted by molar-refractivity contribution is 8.14. The fraction of sp³-hybridized carbons (Fsp3) is 0.143. The van der Waals surface area contributed by atoms with E-state index in [1.54, 1.807) is 6.07 Å². The molecule has 1 N–H and O–H groups in total. The summed E-state index contributed by atoms with van der Waals surface area (Å²) < 4.78 is 28.4. The molecule has 0 saturated carbocycles. The molecule has 0 saturated heterocycles. The molecule has 0 bridgehead atoms. The zero-order chi connectivity index (χ0) is 10.8. The van der Waals surface area contributed by atoms with E-state index in [2.05, 4.69) is 4.72 Å². The molecule has 0 radical (unpaired) electrons. The van der Waals surface area contributed by atoms with E-state index < -0.39 is 9.24 Å². The van der Waals surface area contributed by atoms with Crippen LogP contribution in [0.15, 0.2) is 18.2 Å². The predicted octanol–water partition coefficient (Wildman–Crippen LogP) is 2.24. The van der Waals surface area contributed by atoms with E-state index in [4.69, 9.17) is 27.0 Å². The molecule has 0 amide bonds. The molecule has 0 unspecified atom stereocenters. The predicted molar refractivity (Wildman–Crippen MR) is 56.4 cm³/mol. The Bertz CT molecular complexity index is 433. The first-order valence-electron chi connectivity index (χ1n) is 3.48. The third-order valence-corrected chi connectivity index (χ3v) is 2.32. The van der Waals surface area contributed by atoms with Crippen molar-refractivity contribution < 1.29 is 13.2 Å². The van der Waals surface area contributed by atoms with Crippen molar-refractivity contribution in [2.45, 2.75) is 0 Å². The first-order chi connectivity index (χ1) is 6.42. The van der Waals surface area contributed by atoms with Crippen LogP contribution in [0.1, 0.15) is 0 Å². The van der Waals surface area contributed by atoms with Crippen molar-refractivity contribution in [2.75, 3.05) is 11.8 Å². The molecule has 0 aromatic heterocycles. The summed E-state index contributed by atoms with van der Waals surface area (Å²) >= 11 is 5.67. The fourth-order valence-electron chi connectivity index (χ4n) is 0.891. The van der Waals surface area contributed by atoms with Gasteiger partial charge in [-0.05, 0) is 18.2 Å². The summed E-state index contributed by atoms with van der Waals surface area (Å²) in [6.07, 6.45) is 0. The Hall–Kier alpha value is -0.650. The topological polar surface area (TPSA) is 55.4 Å². The van der Waals surface area contributed by atoms with Gasteiger partial charge < -0.3 is 4.74 Å². The van der Waals surface area contributed by atoms with E-state index in [9.17, 15) is 8.42 Å². The number of halogens is 2. The zero-order valence-corrected chi connectivity index (χ0v) is 9.45. The first kappa shape index (κ1) is 11.4. The highest BCUT2D eigenvalue weighted by atomic mass is 35.7. The fourth-order valence-corrected chi connectivity index (χ4v) is 1.73. The molecule has 1 aromatic carbocycles. The van der Waals surface area contributed by atoms with Gasteiger partial charge in [0.05, 0.1) is 12.8 Å². The summed E-state index contributed by atoms with van der Waals surface area (Å²) in [5, 5.41) is 0.383. The molecule has 0 fully saturated rings. The molecule has 1 aromatic rings. The van der Waals surface area contributed by atoms with Crippen molar-refractivity contribution in [1.29, 1.82) is 0 Å². The van der Waals surface area contributed by atoms with Crippen LogP contribution in [0.4, 0.5) is 5.69 Å². The van der Waals surface area contributed by atoms with Crippen molar-refractivity contribution in [3.05, 3.63) is 23.2 Å². The Morgan fingerprint density at radius 1 is 1.43 bits per heavy atom. The minimum Gasteiger partial charge on any atom is -0.495 e. The van der Waals surface area contributed by atoms with E-state index in [0.29, 0.717) is 10.8 Å². The average molecular weight is 256 g/mol. The van der Waals surface area contributed by atoms with Gasteiger partial charge >= 0.3 is 9.24 Å². The van der Waals surface area contributed by atoms with Gasteiger partial charge in [0, 0.05) is 15.7 Å². The molecule has 78 valence electrons. The summed E-state index contributed by atoms with van der Waals surface area (Å²) in [5.41, 5.74) is 0.204. The van der Waals surface area contributed by atoms with Gasteiger partial charge in [0.1, 0.15) is 5.75 Å². The highest BCUT2D eigenvalue weighted by Gasteiger charge is 2.09. The van der Waals surface area contributed by atoms with Gasteiger partial charge in [0.2, 0.25) is 0 Å². The second kappa shape index (κ2) is 4.25. The number of hydrogen-bond acceptors (Lipinski definition) is 3. The van der Waals surface area contributed by atoms with Crippen LogP contribution >= 0.6 is 22.3 Å². The van der Waals surface area contributed by atoms with Gasteiger partial charge in [-0.2, -0.15) is 8.42 Å². The van der Waals surface area contributed by atoms with E-state index >= 15 is 0 Å². The van der Waals surface area contributed by atoms with Crippen LogP contribution in [0.5, 0.6) is 5.75 Å². The Labute approximate surface area is 91.3 Å². The molecule has 0 spiro atoms. The zero-order valence-electron chi connectivity index (χ0n) is 7.12. The number of ether oxygens (including phenoxy) is 1. The van der Waals surface area contributed by atoms with Crippen molar-refractivity contribution in [2.24, 2.45) is 0 Å². The highest BCUT2D eigenvalue weighted by Crippen LogP contribution is 2.28. The summed E-state index contributed by atoms with van der Waals surface area (Å²) in [6, 6.07) is 4.51. The Kier molecular flexibility index (Phi) is 3.47. The number of benzene rings is 1. The lowest BCUT2D eigenvalue weighted by Gasteiger charge is -2.08.